The van der Waals surface area contributed by atoms with Crippen molar-refractivity contribution in [3.8, 4) is 0 Å². The Balaban J connectivity index is 0. The molecular weight excluding hydrogens is 344 g/mol. The maximum absolute atomic E-state index is 0. The molecule has 0 rings (SSSR count). The van der Waals surface area contributed by atoms with E-state index in [1.165, 1.54) is 0 Å². The maximum atomic E-state index is 0. The Bertz CT molecular complexity index is 7.51. The van der Waals surface area contributed by atoms with Gasteiger partial charge in [0.05, 0.1) is 0 Å². The van der Waals surface area contributed by atoms with Crippen LogP contribution in [-0.2, 0) is 0 Å². The molecule has 0 spiro atoms. The first-order valence-corrected chi connectivity index (χ1v) is 0. The van der Waals surface area contributed by atoms with Gasteiger partial charge in [-0.1, -0.05) is 0 Å². The van der Waals surface area contributed by atoms with Crippen molar-refractivity contribution in [3.63, 3.8) is 0 Å². The molecule has 0 aromatic heterocycles. The van der Waals surface area contributed by atoms with Crippen LogP contribution in [0.1, 0.15) is 0 Å². The normalized spacial score (nSPS) is 0. The van der Waals surface area contributed by atoms with Crippen molar-refractivity contribution < 1.29 is 119 Å². The molecule has 0 N–H and O–H groups in total. The second-order valence-electron chi connectivity index (χ2n) is 0. The largest absolute Gasteiger partial charge is 3.00 e. The zero-order valence-corrected chi connectivity index (χ0v) is 14.8. The van der Waals surface area contributed by atoms with Gasteiger partial charge in [-0.25, -0.2) is 0 Å². The minimum Gasteiger partial charge on any atom is -1.00 e. The number of halogens is 4. The molecule has 0 amide bonds. The van der Waals surface area contributed by atoms with Crippen molar-refractivity contribution >= 4 is 19.8 Å². The molecule has 0 heterocycles. The third-order valence-electron chi connectivity index (χ3n) is 0. The molecule has 0 fully saturated rings. The second-order valence-corrected chi connectivity index (χ2v) is 0. The smallest absolute Gasteiger partial charge is 1.00 e. The Kier molecular flexibility index (Phi) is 319. The second kappa shape index (κ2) is 36.8. The molecule has 0 aliphatic rings. The molecule has 0 atom stereocenters. The van der Waals surface area contributed by atoms with E-state index in [9.17, 15) is 0 Å². The van der Waals surface area contributed by atoms with Crippen LogP contribution >= 0.6 is 0 Å². The quantitative estimate of drug-likeness (QED) is 0.383. The van der Waals surface area contributed by atoms with Gasteiger partial charge < -0.3 is 49.6 Å². The monoisotopic (exact) mass is 342 g/mol. The van der Waals surface area contributed by atoms with Crippen molar-refractivity contribution in [1.29, 1.82) is 0 Å². The van der Waals surface area contributed by atoms with E-state index in [2.05, 4.69) is 0 Å². The fourth-order valence-corrected chi connectivity index (χ4v) is 0. The third-order valence-corrected chi connectivity index (χ3v) is 0. The van der Waals surface area contributed by atoms with E-state index in [4.69, 9.17) is 0 Å². The Morgan fingerprint density at radius 2 is 0.500 bits per heavy atom. The summed E-state index contributed by atoms with van der Waals surface area (Å²) in [6.07, 6.45) is 0. The zero-order chi connectivity index (χ0) is 0. The molecule has 0 aliphatic carbocycles. The van der Waals surface area contributed by atoms with Crippen molar-refractivity contribution in [2.45, 2.75) is 0 Å². The molecule has 0 saturated carbocycles. The van der Waals surface area contributed by atoms with E-state index >= 15 is 0 Å². The van der Waals surface area contributed by atoms with Crippen molar-refractivity contribution in [2.75, 3.05) is 0 Å². The molecule has 6 heteroatoms. The standard InChI is InChI=1S/4ClH.Cs.Ga/h4*1H;;/q;;;;+1;+3/p-4. The van der Waals surface area contributed by atoms with Crippen molar-refractivity contribution in [1.82, 2.24) is 0 Å². The van der Waals surface area contributed by atoms with Gasteiger partial charge in [-0.05, 0) is 0 Å². The van der Waals surface area contributed by atoms with Gasteiger partial charge in [0.1, 0.15) is 0 Å². The van der Waals surface area contributed by atoms with Gasteiger partial charge in [-0.2, -0.15) is 0 Å². The van der Waals surface area contributed by atoms with E-state index in [0.29, 0.717) is 0 Å². The van der Waals surface area contributed by atoms with Gasteiger partial charge in [0.15, 0.2) is 0 Å². The van der Waals surface area contributed by atoms with Gasteiger partial charge in [0, 0.05) is 0 Å². The van der Waals surface area contributed by atoms with Crippen molar-refractivity contribution in [3.05, 3.63) is 0 Å². The van der Waals surface area contributed by atoms with Gasteiger partial charge in [-0.3, -0.25) is 0 Å². The van der Waals surface area contributed by atoms with Crippen molar-refractivity contribution in [2.24, 2.45) is 0 Å². The number of hydrogen-bond acceptors (Lipinski definition) is 0. The van der Waals surface area contributed by atoms with Gasteiger partial charge in [0.25, 0.3) is 0 Å². The van der Waals surface area contributed by atoms with E-state index in [0.717, 1.165) is 0 Å². The summed E-state index contributed by atoms with van der Waals surface area (Å²) in [6.45, 7) is 0. The Morgan fingerprint density at radius 1 is 0.500 bits per heavy atom. The van der Waals surface area contributed by atoms with Crippen LogP contribution in [0.4, 0.5) is 0 Å². The SMILES string of the molecule is [Cl-].[Cl-].[Cl-].[Cl-].[Cs+].[Ga+3]. The maximum Gasteiger partial charge on any atom is 3.00 e. The summed E-state index contributed by atoms with van der Waals surface area (Å²) in [6, 6.07) is 0. The van der Waals surface area contributed by atoms with Crippen LogP contribution in [0.15, 0.2) is 0 Å². The Hall–Kier alpha value is 3.85. The fraction of sp³-hybridized carbons (Fsp3) is 0. The first kappa shape index (κ1) is 52.1. The molecule has 0 saturated heterocycles. The topological polar surface area (TPSA) is 0 Å². The summed E-state index contributed by atoms with van der Waals surface area (Å²) in [5, 5.41) is 0. The molecule has 0 aliphatic heterocycles. The first-order valence-electron chi connectivity index (χ1n) is 0. The zero-order valence-electron chi connectivity index (χ0n) is 3.09. The van der Waals surface area contributed by atoms with Gasteiger partial charge in [-0.15, -0.1) is 0 Å². The van der Waals surface area contributed by atoms with Crippen LogP contribution in [0.5, 0.6) is 0 Å². The Labute approximate surface area is 134 Å². The summed E-state index contributed by atoms with van der Waals surface area (Å²) in [7, 11) is 0. The molecule has 0 nitrogen and oxygen atoms in total. The average Bonchev–Trinajstić information content (AvgIpc) is 0. The first-order chi connectivity index (χ1) is 0. The van der Waals surface area contributed by atoms with E-state index in [1.807, 2.05) is 0 Å². The molecule has 0 unspecified atom stereocenters. The van der Waals surface area contributed by atoms with E-state index < -0.39 is 0 Å². The summed E-state index contributed by atoms with van der Waals surface area (Å²) in [5.74, 6) is 0. The molecule has 32 valence electrons. The van der Waals surface area contributed by atoms with Crippen LogP contribution < -0.4 is 119 Å². The van der Waals surface area contributed by atoms with Crippen LogP contribution in [0.3, 0.4) is 0 Å². The fourth-order valence-electron chi connectivity index (χ4n) is 0. The van der Waals surface area contributed by atoms with Crippen LogP contribution in [0, 0.1) is 0 Å². The molecular formula is Cl4CsGa. The minimum atomic E-state index is 0. The molecule has 0 radical (unpaired) electrons. The molecule has 0 aromatic carbocycles. The molecule has 0 bridgehead atoms. The number of rotatable bonds is 0. The van der Waals surface area contributed by atoms with Crippen LogP contribution in [0.25, 0.3) is 0 Å². The van der Waals surface area contributed by atoms with Gasteiger partial charge >= 0.3 is 88.7 Å². The predicted molar refractivity (Wildman–Crippen MR) is 5.75 cm³/mol. The molecule has 0 aromatic rings. The third kappa shape index (κ3) is 24.9. The van der Waals surface area contributed by atoms with E-state index in [-0.39, 0.29) is 138 Å². The summed E-state index contributed by atoms with van der Waals surface area (Å²) in [4.78, 5) is 0. The predicted octanol–water partition coefficient (Wildman–Crippen LogP) is -15.4. The summed E-state index contributed by atoms with van der Waals surface area (Å²) in [5.41, 5.74) is 0. The van der Waals surface area contributed by atoms with E-state index in [1.54, 1.807) is 0 Å². The summed E-state index contributed by atoms with van der Waals surface area (Å²) >= 11 is 0. The van der Waals surface area contributed by atoms with Crippen LogP contribution in [-0.4, -0.2) is 19.8 Å². The Morgan fingerprint density at radius 3 is 0.500 bits per heavy atom. The molecule has 6 heavy (non-hydrogen) atoms. The number of hydrogen-bond donors (Lipinski definition) is 0. The minimum absolute atomic E-state index is 0. The van der Waals surface area contributed by atoms with Crippen LogP contribution in [0.2, 0.25) is 0 Å². The van der Waals surface area contributed by atoms with Gasteiger partial charge in [0.2, 0.25) is 0 Å². The average molecular weight is 344 g/mol. The summed E-state index contributed by atoms with van der Waals surface area (Å²) < 4.78 is 0.